The van der Waals surface area contributed by atoms with Gasteiger partial charge in [0.25, 0.3) is 0 Å². The number of likely N-dealkylation sites (N-methyl/N-ethyl adjacent to an activating group) is 1. The molecular formula is C18H35NO. The Labute approximate surface area is 126 Å². The quantitative estimate of drug-likeness (QED) is 0.740. The smallest absolute Gasteiger partial charge is 0.0730 e. The molecule has 1 N–H and O–H groups in total. The van der Waals surface area contributed by atoms with Crippen LogP contribution >= 0.6 is 0 Å². The Morgan fingerprint density at radius 1 is 0.950 bits per heavy atom. The van der Waals surface area contributed by atoms with E-state index in [1.54, 1.807) is 0 Å². The topological polar surface area (TPSA) is 21.3 Å². The van der Waals surface area contributed by atoms with Crippen LogP contribution in [-0.2, 0) is 4.74 Å². The van der Waals surface area contributed by atoms with Gasteiger partial charge in [-0.2, -0.15) is 0 Å². The standard InChI is InChI=1S/C18H35NO/c1-3-8-15-11-12-17(19-4-2)18(13-15)20-14-16-9-6-5-7-10-16/h15-19H,3-14H2,1-2H3. The molecule has 20 heavy (non-hydrogen) atoms. The lowest BCUT2D eigenvalue weighted by molar-refractivity contribution is -0.0309. The van der Waals surface area contributed by atoms with Crippen molar-refractivity contribution in [3.8, 4) is 0 Å². The Morgan fingerprint density at radius 2 is 1.75 bits per heavy atom. The summed E-state index contributed by atoms with van der Waals surface area (Å²) < 4.78 is 6.40. The van der Waals surface area contributed by atoms with Crippen molar-refractivity contribution in [1.82, 2.24) is 5.32 Å². The normalized spacial score (nSPS) is 32.4. The fraction of sp³-hybridized carbons (Fsp3) is 1.00. The number of hydrogen-bond acceptors (Lipinski definition) is 2. The summed E-state index contributed by atoms with van der Waals surface area (Å²) in [6.45, 7) is 6.63. The summed E-state index contributed by atoms with van der Waals surface area (Å²) in [5, 5.41) is 3.66. The van der Waals surface area contributed by atoms with Crippen LogP contribution < -0.4 is 5.32 Å². The molecule has 0 saturated heterocycles. The predicted octanol–water partition coefficient (Wildman–Crippen LogP) is 4.53. The summed E-state index contributed by atoms with van der Waals surface area (Å²) in [5.41, 5.74) is 0. The van der Waals surface area contributed by atoms with E-state index < -0.39 is 0 Å². The average molecular weight is 281 g/mol. The summed E-state index contributed by atoms with van der Waals surface area (Å²) >= 11 is 0. The number of ether oxygens (including phenoxy) is 1. The highest BCUT2D eigenvalue weighted by molar-refractivity contribution is 4.86. The first-order valence-electron chi connectivity index (χ1n) is 9.18. The monoisotopic (exact) mass is 281 g/mol. The maximum absolute atomic E-state index is 6.40. The van der Waals surface area contributed by atoms with E-state index in [2.05, 4.69) is 19.2 Å². The highest BCUT2D eigenvalue weighted by Gasteiger charge is 2.30. The first-order chi connectivity index (χ1) is 9.83. The van der Waals surface area contributed by atoms with Crippen molar-refractivity contribution in [3.63, 3.8) is 0 Å². The van der Waals surface area contributed by atoms with E-state index in [-0.39, 0.29) is 0 Å². The second-order valence-electron chi connectivity index (χ2n) is 7.01. The maximum atomic E-state index is 6.40. The molecule has 2 heteroatoms. The van der Waals surface area contributed by atoms with Gasteiger partial charge in [0.2, 0.25) is 0 Å². The van der Waals surface area contributed by atoms with Crippen LogP contribution in [0.1, 0.15) is 78.1 Å². The van der Waals surface area contributed by atoms with Crippen LogP contribution in [0.3, 0.4) is 0 Å². The van der Waals surface area contributed by atoms with Crippen LogP contribution in [0.25, 0.3) is 0 Å². The van der Waals surface area contributed by atoms with Gasteiger partial charge in [-0.1, -0.05) is 46.0 Å². The van der Waals surface area contributed by atoms with Crippen molar-refractivity contribution in [2.24, 2.45) is 11.8 Å². The van der Waals surface area contributed by atoms with Gasteiger partial charge in [0.1, 0.15) is 0 Å². The van der Waals surface area contributed by atoms with E-state index in [9.17, 15) is 0 Å². The molecule has 2 aliphatic carbocycles. The van der Waals surface area contributed by atoms with Gasteiger partial charge in [-0.15, -0.1) is 0 Å². The van der Waals surface area contributed by atoms with Crippen LogP contribution in [0, 0.1) is 11.8 Å². The molecule has 2 nitrogen and oxygen atoms in total. The maximum Gasteiger partial charge on any atom is 0.0730 e. The Balaban J connectivity index is 1.79. The van der Waals surface area contributed by atoms with Crippen LogP contribution in [-0.4, -0.2) is 25.3 Å². The average Bonchev–Trinajstić information content (AvgIpc) is 2.49. The van der Waals surface area contributed by atoms with E-state index in [1.807, 2.05) is 0 Å². The Bertz CT molecular complexity index is 250. The molecule has 2 saturated carbocycles. The van der Waals surface area contributed by atoms with Crippen molar-refractivity contribution < 1.29 is 4.74 Å². The minimum Gasteiger partial charge on any atom is -0.376 e. The molecule has 0 heterocycles. The van der Waals surface area contributed by atoms with Gasteiger partial charge in [-0.25, -0.2) is 0 Å². The molecule has 0 bridgehead atoms. The molecule has 0 amide bonds. The zero-order valence-corrected chi connectivity index (χ0v) is 13.7. The molecule has 3 unspecified atom stereocenters. The summed E-state index contributed by atoms with van der Waals surface area (Å²) in [6.07, 6.45) is 14.3. The fourth-order valence-corrected chi connectivity index (χ4v) is 4.18. The van der Waals surface area contributed by atoms with E-state index in [1.165, 1.54) is 64.2 Å². The first kappa shape index (κ1) is 16.3. The lowest BCUT2D eigenvalue weighted by atomic mass is 9.81. The minimum atomic E-state index is 0.474. The zero-order valence-electron chi connectivity index (χ0n) is 13.7. The molecule has 0 aromatic heterocycles. The molecule has 0 spiro atoms. The third kappa shape index (κ3) is 5.04. The molecule has 0 radical (unpaired) electrons. The van der Waals surface area contributed by atoms with Crippen LogP contribution in [0.2, 0.25) is 0 Å². The third-order valence-electron chi connectivity index (χ3n) is 5.33. The van der Waals surface area contributed by atoms with Crippen LogP contribution in [0.15, 0.2) is 0 Å². The van der Waals surface area contributed by atoms with Gasteiger partial charge >= 0.3 is 0 Å². The largest absolute Gasteiger partial charge is 0.376 e. The molecule has 3 atom stereocenters. The van der Waals surface area contributed by atoms with Gasteiger partial charge in [0.15, 0.2) is 0 Å². The highest BCUT2D eigenvalue weighted by Crippen LogP contribution is 2.31. The lowest BCUT2D eigenvalue weighted by Gasteiger charge is -2.37. The van der Waals surface area contributed by atoms with E-state index in [0.717, 1.165) is 25.0 Å². The van der Waals surface area contributed by atoms with Crippen LogP contribution in [0.5, 0.6) is 0 Å². The molecule has 2 aliphatic rings. The number of hydrogen-bond donors (Lipinski definition) is 1. The zero-order chi connectivity index (χ0) is 14.2. The summed E-state index contributed by atoms with van der Waals surface area (Å²) in [7, 11) is 0. The summed E-state index contributed by atoms with van der Waals surface area (Å²) in [5.74, 6) is 1.75. The second kappa shape index (κ2) is 9.04. The van der Waals surface area contributed by atoms with Crippen LogP contribution in [0.4, 0.5) is 0 Å². The number of rotatable bonds is 7. The second-order valence-corrected chi connectivity index (χ2v) is 7.01. The van der Waals surface area contributed by atoms with Gasteiger partial charge in [-0.3, -0.25) is 0 Å². The Morgan fingerprint density at radius 3 is 2.45 bits per heavy atom. The van der Waals surface area contributed by atoms with E-state index in [4.69, 9.17) is 4.74 Å². The molecule has 0 aromatic rings. The molecule has 2 rings (SSSR count). The predicted molar refractivity (Wildman–Crippen MR) is 86.0 cm³/mol. The number of nitrogens with one attached hydrogen (secondary N) is 1. The third-order valence-corrected chi connectivity index (χ3v) is 5.33. The lowest BCUT2D eigenvalue weighted by Crippen LogP contribution is -2.46. The van der Waals surface area contributed by atoms with E-state index >= 15 is 0 Å². The van der Waals surface area contributed by atoms with Crippen molar-refractivity contribution in [2.45, 2.75) is 90.2 Å². The minimum absolute atomic E-state index is 0.474. The Kier molecular flexibility index (Phi) is 7.37. The van der Waals surface area contributed by atoms with Gasteiger partial charge in [-0.05, 0) is 50.5 Å². The van der Waals surface area contributed by atoms with Gasteiger partial charge < -0.3 is 10.1 Å². The van der Waals surface area contributed by atoms with E-state index in [0.29, 0.717) is 12.1 Å². The fourth-order valence-electron chi connectivity index (χ4n) is 4.18. The van der Waals surface area contributed by atoms with Crippen molar-refractivity contribution in [2.75, 3.05) is 13.2 Å². The highest BCUT2D eigenvalue weighted by atomic mass is 16.5. The molecule has 2 fully saturated rings. The molecule has 0 aromatic carbocycles. The molecule has 0 aliphatic heterocycles. The summed E-state index contributed by atoms with van der Waals surface area (Å²) in [6, 6.07) is 0.608. The van der Waals surface area contributed by atoms with Crippen molar-refractivity contribution >= 4 is 0 Å². The van der Waals surface area contributed by atoms with Gasteiger partial charge in [0, 0.05) is 12.6 Å². The Hall–Kier alpha value is -0.0800. The van der Waals surface area contributed by atoms with Gasteiger partial charge in [0.05, 0.1) is 6.10 Å². The first-order valence-corrected chi connectivity index (χ1v) is 9.18. The summed E-state index contributed by atoms with van der Waals surface area (Å²) in [4.78, 5) is 0. The van der Waals surface area contributed by atoms with Crippen molar-refractivity contribution in [1.29, 1.82) is 0 Å². The van der Waals surface area contributed by atoms with Crippen molar-refractivity contribution in [3.05, 3.63) is 0 Å². The SMILES string of the molecule is CCCC1CCC(NCC)C(OCC2CCCCC2)C1. The molecular weight excluding hydrogens is 246 g/mol. The molecule has 118 valence electrons.